The quantitative estimate of drug-likeness (QED) is 0.841. The second-order valence-corrected chi connectivity index (χ2v) is 8.22. The van der Waals surface area contributed by atoms with Gasteiger partial charge in [-0.05, 0) is 31.7 Å². The summed E-state index contributed by atoms with van der Waals surface area (Å²) in [6, 6.07) is 4.24. The fourth-order valence-electron chi connectivity index (χ4n) is 2.76. The van der Waals surface area contributed by atoms with Crippen molar-refractivity contribution in [1.82, 2.24) is 14.5 Å². The van der Waals surface area contributed by atoms with Crippen molar-refractivity contribution < 1.29 is 4.79 Å². The molecular weight excluding hydrogens is 342 g/mol. The highest BCUT2D eigenvalue weighted by atomic mass is 32.2. The molecule has 1 aliphatic rings. The molecule has 0 radical (unpaired) electrons. The average molecular weight is 364 g/mol. The number of hydrogen-bond acceptors (Lipinski definition) is 5. The van der Waals surface area contributed by atoms with Gasteiger partial charge < -0.3 is 4.90 Å². The largest absolute Gasteiger partial charge is 0.340 e. The fourth-order valence-corrected chi connectivity index (χ4v) is 4.99. The zero-order chi connectivity index (χ0) is 17.1. The van der Waals surface area contributed by atoms with Gasteiger partial charge in [0, 0.05) is 40.2 Å². The van der Waals surface area contributed by atoms with Crippen molar-refractivity contribution >= 4 is 29.0 Å². The number of aromatic nitrogens is 2. The third-order valence-corrected chi connectivity index (χ3v) is 6.82. The predicted molar refractivity (Wildman–Crippen MR) is 98.7 cm³/mol. The summed E-state index contributed by atoms with van der Waals surface area (Å²) in [6.07, 6.45) is 2.43. The lowest BCUT2D eigenvalue weighted by molar-refractivity contribution is -0.131. The second kappa shape index (κ2) is 7.53. The molecule has 0 bridgehead atoms. The van der Waals surface area contributed by atoms with Gasteiger partial charge in [-0.3, -0.25) is 14.2 Å². The van der Waals surface area contributed by atoms with Gasteiger partial charge in [0.2, 0.25) is 5.91 Å². The maximum absolute atomic E-state index is 12.6. The number of nitrogens with zero attached hydrogens (tertiary/aromatic N) is 3. The lowest BCUT2D eigenvalue weighted by atomic mass is 10.2. The zero-order valence-corrected chi connectivity index (χ0v) is 15.5. The van der Waals surface area contributed by atoms with Crippen molar-refractivity contribution in [3.8, 4) is 0 Å². The molecule has 24 heavy (non-hydrogen) atoms. The Labute approximate surface area is 149 Å². The summed E-state index contributed by atoms with van der Waals surface area (Å²) < 4.78 is 1.42. The minimum atomic E-state index is -0.128. The standard InChI is InChI=1S/C17H21N3O2S2/c1-12-13(2)18-11-20(17(12)22)10-16(21)19-6-5-15(24-9-7-19)14-4-3-8-23-14/h3-4,8,11,15H,5-7,9-10H2,1-2H3/t15-/m1/s1. The fraction of sp³-hybridized carbons (Fsp3) is 0.471. The minimum Gasteiger partial charge on any atom is -0.340 e. The van der Waals surface area contributed by atoms with Crippen molar-refractivity contribution in [2.75, 3.05) is 18.8 Å². The van der Waals surface area contributed by atoms with E-state index in [0.29, 0.717) is 16.5 Å². The third kappa shape index (κ3) is 3.72. The van der Waals surface area contributed by atoms with Gasteiger partial charge in [0.25, 0.3) is 5.56 Å². The van der Waals surface area contributed by atoms with Crippen LogP contribution >= 0.6 is 23.1 Å². The predicted octanol–water partition coefficient (Wildman–Crippen LogP) is 2.63. The van der Waals surface area contributed by atoms with Crippen molar-refractivity contribution in [2.45, 2.75) is 32.1 Å². The number of thioether (sulfide) groups is 1. The van der Waals surface area contributed by atoms with Crippen LogP contribution in [0.3, 0.4) is 0 Å². The summed E-state index contributed by atoms with van der Waals surface area (Å²) in [4.78, 5) is 32.3. The lowest BCUT2D eigenvalue weighted by Gasteiger charge is -2.20. The molecule has 3 rings (SSSR count). The molecule has 1 aliphatic heterocycles. The Kier molecular flexibility index (Phi) is 5.40. The molecule has 1 saturated heterocycles. The van der Waals surface area contributed by atoms with Crippen LogP contribution in [0.4, 0.5) is 0 Å². The summed E-state index contributed by atoms with van der Waals surface area (Å²) in [6.45, 7) is 5.10. The van der Waals surface area contributed by atoms with Crippen LogP contribution in [0.5, 0.6) is 0 Å². The molecule has 7 heteroatoms. The number of carbonyl (C=O) groups is 1. The number of carbonyl (C=O) groups excluding carboxylic acids is 1. The molecule has 0 unspecified atom stereocenters. The first-order valence-corrected chi connectivity index (χ1v) is 9.94. The van der Waals surface area contributed by atoms with Crippen LogP contribution in [0.2, 0.25) is 0 Å². The number of amides is 1. The van der Waals surface area contributed by atoms with Crippen LogP contribution in [-0.2, 0) is 11.3 Å². The summed E-state index contributed by atoms with van der Waals surface area (Å²) in [5, 5.41) is 2.57. The second-order valence-electron chi connectivity index (χ2n) is 5.93. The monoisotopic (exact) mass is 363 g/mol. The first-order chi connectivity index (χ1) is 11.6. The molecule has 1 amide bonds. The molecule has 0 aromatic carbocycles. The molecule has 0 N–H and O–H groups in total. The van der Waals surface area contributed by atoms with Gasteiger partial charge in [0.05, 0.1) is 6.33 Å². The molecule has 3 heterocycles. The number of aryl methyl sites for hydroxylation is 1. The van der Waals surface area contributed by atoms with Crippen molar-refractivity contribution in [2.24, 2.45) is 0 Å². The van der Waals surface area contributed by atoms with Crippen LogP contribution in [0.15, 0.2) is 28.6 Å². The Balaban J connectivity index is 1.66. The van der Waals surface area contributed by atoms with E-state index in [1.807, 2.05) is 16.7 Å². The van der Waals surface area contributed by atoms with E-state index >= 15 is 0 Å². The van der Waals surface area contributed by atoms with E-state index in [1.54, 1.807) is 25.2 Å². The molecule has 2 aromatic heterocycles. The minimum absolute atomic E-state index is 0.00502. The molecule has 128 valence electrons. The molecule has 0 aliphatic carbocycles. The van der Waals surface area contributed by atoms with E-state index in [2.05, 4.69) is 22.5 Å². The topological polar surface area (TPSA) is 55.2 Å². The molecule has 1 fully saturated rings. The smallest absolute Gasteiger partial charge is 0.256 e. The first kappa shape index (κ1) is 17.2. The van der Waals surface area contributed by atoms with Crippen LogP contribution in [-0.4, -0.2) is 39.2 Å². The number of thiophene rings is 1. The summed E-state index contributed by atoms with van der Waals surface area (Å²) in [7, 11) is 0. The maximum Gasteiger partial charge on any atom is 0.256 e. The van der Waals surface area contributed by atoms with Crippen LogP contribution in [0.1, 0.15) is 27.8 Å². The Morgan fingerprint density at radius 3 is 2.96 bits per heavy atom. The first-order valence-electron chi connectivity index (χ1n) is 8.01. The van der Waals surface area contributed by atoms with Crippen LogP contribution in [0, 0.1) is 13.8 Å². The van der Waals surface area contributed by atoms with Crippen LogP contribution in [0.25, 0.3) is 0 Å². The number of rotatable bonds is 3. The lowest BCUT2D eigenvalue weighted by Crippen LogP contribution is -2.38. The normalized spacial score (nSPS) is 18.4. The summed E-state index contributed by atoms with van der Waals surface area (Å²) >= 11 is 3.69. The molecule has 5 nitrogen and oxygen atoms in total. The highest BCUT2D eigenvalue weighted by Gasteiger charge is 2.23. The summed E-state index contributed by atoms with van der Waals surface area (Å²) in [5.74, 6) is 0.920. The maximum atomic E-state index is 12.6. The van der Waals surface area contributed by atoms with Crippen molar-refractivity contribution in [3.05, 3.63) is 50.3 Å². The Morgan fingerprint density at radius 2 is 2.21 bits per heavy atom. The Hall–Kier alpha value is -1.60. The zero-order valence-electron chi connectivity index (χ0n) is 13.9. The Bertz CT molecular complexity index is 771. The molecule has 0 saturated carbocycles. The van der Waals surface area contributed by atoms with Gasteiger partial charge in [-0.15, -0.1) is 11.3 Å². The molecule has 0 spiro atoms. The SMILES string of the molecule is Cc1ncn(CC(=O)N2CCS[C@@H](c3cccs3)CC2)c(=O)c1C. The van der Waals surface area contributed by atoms with E-state index in [-0.39, 0.29) is 18.0 Å². The van der Waals surface area contributed by atoms with E-state index in [1.165, 1.54) is 15.8 Å². The number of hydrogen-bond donors (Lipinski definition) is 0. The van der Waals surface area contributed by atoms with Crippen molar-refractivity contribution in [3.63, 3.8) is 0 Å². The van der Waals surface area contributed by atoms with Crippen LogP contribution < -0.4 is 5.56 Å². The third-order valence-electron chi connectivity index (χ3n) is 4.38. The Morgan fingerprint density at radius 1 is 1.38 bits per heavy atom. The van der Waals surface area contributed by atoms with E-state index in [0.717, 1.165) is 25.3 Å². The van der Waals surface area contributed by atoms with Crippen molar-refractivity contribution in [1.29, 1.82) is 0 Å². The molecular formula is C17H21N3O2S2. The highest BCUT2D eigenvalue weighted by molar-refractivity contribution is 7.99. The van der Waals surface area contributed by atoms with E-state index in [9.17, 15) is 9.59 Å². The van der Waals surface area contributed by atoms with E-state index in [4.69, 9.17) is 0 Å². The highest BCUT2D eigenvalue weighted by Crippen LogP contribution is 2.36. The van der Waals surface area contributed by atoms with Gasteiger partial charge in [0.1, 0.15) is 6.54 Å². The van der Waals surface area contributed by atoms with Gasteiger partial charge in [0.15, 0.2) is 0 Å². The summed E-state index contributed by atoms with van der Waals surface area (Å²) in [5.41, 5.74) is 1.19. The van der Waals surface area contributed by atoms with Gasteiger partial charge in [-0.2, -0.15) is 11.8 Å². The molecule has 1 atom stereocenters. The molecule has 2 aromatic rings. The van der Waals surface area contributed by atoms with E-state index < -0.39 is 0 Å². The average Bonchev–Trinajstić information content (AvgIpc) is 3.00. The van der Waals surface area contributed by atoms with Gasteiger partial charge >= 0.3 is 0 Å². The van der Waals surface area contributed by atoms with Gasteiger partial charge in [-0.1, -0.05) is 6.07 Å². The van der Waals surface area contributed by atoms with Gasteiger partial charge in [-0.25, -0.2) is 4.98 Å².